The number of epoxide rings is 1. The number of alkyl halides is 1. The molecule has 38 heavy (non-hydrogen) atoms. The summed E-state index contributed by atoms with van der Waals surface area (Å²) < 4.78 is 23.4. The first-order chi connectivity index (χ1) is 17.8. The molecule has 0 aromatic heterocycles. The maximum Gasteiger partial charge on any atom is 0.312 e. The number of esters is 3. The summed E-state index contributed by atoms with van der Waals surface area (Å²) in [6.07, 6.45) is -1.58. The summed E-state index contributed by atoms with van der Waals surface area (Å²) in [6, 6.07) is 0. The number of fused-ring (bicyclic) bond motifs is 4. The molecule has 2 N–H and O–H groups in total. The normalized spacial score (nSPS) is 46.2. The minimum Gasteiger partial charge on any atom is -0.462 e. The third kappa shape index (κ3) is 4.67. The number of rotatable bonds is 6. The fourth-order valence-corrected chi connectivity index (χ4v) is 7.55. The van der Waals surface area contributed by atoms with Crippen LogP contribution >= 0.6 is 11.6 Å². The van der Waals surface area contributed by atoms with Crippen molar-refractivity contribution < 1.29 is 43.5 Å². The van der Waals surface area contributed by atoms with E-state index in [0.717, 1.165) is 12.8 Å². The predicted octanol–water partition coefficient (Wildman–Crippen LogP) is 3.06. The van der Waals surface area contributed by atoms with Crippen LogP contribution in [0.3, 0.4) is 0 Å². The van der Waals surface area contributed by atoms with E-state index in [1.807, 2.05) is 13.8 Å². The van der Waals surface area contributed by atoms with E-state index in [-0.39, 0.29) is 12.4 Å². The number of hydrogen-bond acceptors (Lipinski definition) is 9. The fraction of sp³-hybridized carbons (Fsp3) is 0.821. The van der Waals surface area contributed by atoms with E-state index in [0.29, 0.717) is 24.8 Å². The van der Waals surface area contributed by atoms with E-state index in [2.05, 4.69) is 13.5 Å². The zero-order chi connectivity index (χ0) is 28.2. The molecule has 12 atom stereocenters. The van der Waals surface area contributed by atoms with E-state index >= 15 is 0 Å². The van der Waals surface area contributed by atoms with Crippen molar-refractivity contribution in [1.29, 1.82) is 0 Å². The summed E-state index contributed by atoms with van der Waals surface area (Å²) in [5, 5.41) is 23.2. The fourth-order valence-electron chi connectivity index (χ4n) is 7.19. The monoisotopic (exact) mass is 556 g/mol. The van der Waals surface area contributed by atoms with Gasteiger partial charge in [0.05, 0.1) is 23.5 Å². The Kier molecular flexibility index (Phi) is 8.26. The molecule has 0 unspecified atom stereocenters. The number of ether oxygens (including phenoxy) is 4. The minimum absolute atomic E-state index is 0.274. The lowest BCUT2D eigenvalue weighted by Crippen LogP contribution is -2.67. The van der Waals surface area contributed by atoms with Gasteiger partial charge in [0.1, 0.15) is 23.9 Å². The Bertz CT molecular complexity index is 970. The first-order valence-electron chi connectivity index (χ1n) is 13.7. The summed E-state index contributed by atoms with van der Waals surface area (Å²) in [6.45, 7) is 12.6. The van der Waals surface area contributed by atoms with E-state index < -0.39 is 82.7 Å². The molecule has 2 heterocycles. The molecule has 4 aliphatic rings. The molecule has 0 bridgehead atoms. The largest absolute Gasteiger partial charge is 0.462 e. The minimum atomic E-state index is -2.07. The van der Waals surface area contributed by atoms with Crippen LogP contribution in [0.1, 0.15) is 73.1 Å². The number of unbranched alkanes of at least 4 members (excludes halogenated alkanes) is 2. The molecule has 0 radical (unpaired) electrons. The highest BCUT2D eigenvalue weighted by Gasteiger charge is 2.74. The van der Waals surface area contributed by atoms with Crippen LogP contribution in [0.25, 0.3) is 0 Å². The van der Waals surface area contributed by atoms with Crippen LogP contribution in [0.15, 0.2) is 12.2 Å². The van der Waals surface area contributed by atoms with Crippen molar-refractivity contribution in [2.75, 3.05) is 0 Å². The third-order valence-corrected chi connectivity index (χ3v) is 10.0. The molecule has 214 valence electrons. The highest BCUT2D eigenvalue weighted by Crippen LogP contribution is 2.61. The van der Waals surface area contributed by atoms with E-state index in [1.165, 1.54) is 13.8 Å². The van der Waals surface area contributed by atoms with Crippen LogP contribution < -0.4 is 0 Å². The predicted molar refractivity (Wildman–Crippen MR) is 137 cm³/mol. The van der Waals surface area contributed by atoms with Crippen molar-refractivity contribution in [3.05, 3.63) is 12.2 Å². The van der Waals surface area contributed by atoms with Crippen LogP contribution in [-0.2, 0) is 33.3 Å². The van der Waals surface area contributed by atoms with Crippen molar-refractivity contribution in [1.82, 2.24) is 0 Å². The number of hydrogen-bond donors (Lipinski definition) is 2. The van der Waals surface area contributed by atoms with Crippen molar-refractivity contribution in [2.45, 2.75) is 121 Å². The lowest BCUT2D eigenvalue weighted by Gasteiger charge is -2.54. The van der Waals surface area contributed by atoms with Crippen LogP contribution in [0.4, 0.5) is 0 Å². The van der Waals surface area contributed by atoms with Gasteiger partial charge >= 0.3 is 17.9 Å². The highest BCUT2D eigenvalue weighted by atomic mass is 35.5. The second-order valence-corrected chi connectivity index (χ2v) is 12.3. The van der Waals surface area contributed by atoms with Gasteiger partial charge in [0.15, 0.2) is 6.10 Å². The Morgan fingerprint density at radius 2 is 1.89 bits per heavy atom. The second-order valence-electron chi connectivity index (χ2n) is 11.8. The maximum atomic E-state index is 12.7. The van der Waals surface area contributed by atoms with Crippen molar-refractivity contribution in [3.8, 4) is 0 Å². The van der Waals surface area contributed by atoms with Crippen LogP contribution in [0.2, 0.25) is 0 Å². The van der Waals surface area contributed by atoms with Gasteiger partial charge in [-0.1, -0.05) is 45.8 Å². The molecular formula is C28H41ClO9. The second kappa shape index (κ2) is 10.7. The average Bonchev–Trinajstić information content (AvgIpc) is 3.63. The van der Waals surface area contributed by atoms with Gasteiger partial charge in [-0.15, -0.1) is 11.6 Å². The van der Waals surface area contributed by atoms with Crippen LogP contribution in [-0.4, -0.2) is 75.7 Å². The Balaban J connectivity index is 1.78. The summed E-state index contributed by atoms with van der Waals surface area (Å²) in [5.41, 5.74) is -2.55. The van der Waals surface area contributed by atoms with Crippen LogP contribution in [0.5, 0.6) is 0 Å². The van der Waals surface area contributed by atoms with Crippen LogP contribution in [0, 0.1) is 23.2 Å². The number of halogens is 1. The summed E-state index contributed by atoms with van der Waals surface area (Å²) in [4.78, 5) is 37.7. The Labute approximate surface area is 229 Å². The summed E-state index contributed by atoms with van der Waals surface area (Å²) in [5.74, 6) is -3.92. The van der Waals surface area contributed by atoms with E-state index in [4.69, 9.17) is 30.5 Å². The smallest absolute Gasteiger partial charge is 0.312 e. The first-order valence-corrected chi connectivity index (χ1v) is 14.2. The Morgan fingerprint density at radius 1 is 1.21 bits per heavy atom. The van der Waals surface area contributed by atoms with Crippen molar-refractivity contribution in [3.63, 3.8) is 0 Å². The average molecular weight is 557 g/mol. The number of aliphatic hydroxyl groups excluding tert-OH is 1. The molecule has 2 aliphatic heterocycles. The molecule has 0 amide bonds. The molecule has 0 aromatic rings. The molecule has 4 rings (SSSR count). The zero-order valence-electron chi connectivity index (χ0n) is 22.9. The Morgan fingerprint density at radius 3 is 2.53 bits per heavy atom. The summed E-state index contributed by atoms with van der Waals surface area (Å²) >= 11 is 6.70. The molecule has 2 aliphatic carbocycles. The van der Waals surface area contributed by atoms with Crippen molar-refractivity contribution in [2.24, 2.45) is 23.2 Å². The number of carbonyl (C=O) groups excluding carboxylic acids is 3. The van der Waals surface area contributed by atoms with Gasteiger partial charge in [0.25, 0.3) is 0 Å². The highest BCUT2D eigenvalue weighted by molar-refractivity contribution is 6.23. The third-order valence-electron chi connectivity index (χ3n) is 9.46. The Hall–Kier alpha value is -1.68. The quantitative estimate of drug-likeness (QED) is 0.126. The molecule has 0 aromatic carbocycles. The van der Waals surface area contributed by atoms with Gasteiger partial charge in [-0.2, -0.15) is 0 Å². The molecular weight excluding hydrogens is 516 g/mol. The topological polar surface area (TPSA) is 132 Å². The molecule has 0 spiro atoms. The molecule has 4 fully saturated rings. The summed E-state index contributed by atoms with van der Waals surface area (Å²) in [7, 11) is 0. The standard InChI is InChI=1S/C28H41ClO9/c1-7-8-9-10-18(31)36-21-14(3)19-23(32)28(34)15(4)26(33)38-24(28)20(29)13(2)11-12-17(35-16(5)30)27(19,6)25-22(21)37-25/h14-15,17,19-25,32,34H,2,7-12H2,1,3-6H3/t14-,15+,17-,19-,20+,21+,22+,23-,24+,25+,27-,28-/m1/s1. The zero-order valence-corrected chi connectivity index (χ0v) is 23.6. The van der Waals surface area contributed by atoms with E-state index in [1.54, 1.807) is 0 Å². The van der Waals surface area contributed by atoms with Gasteiger partial charge in [-0.25, -0.2) is 0 Å². The molecule has 2 saturated heterocycles. The van der Waals surface area contributed by atoms with Gasteiger partial charge in [0, 0.05) is 30.6 Å². The number of carbonyl (C=O) groups is 3. The molecule has 9 nitrogen and oxygen atoms in total. The first kappa shape index (κ1) is 29.3. The van der Waals surface area contributed by atoms with Gasteiger partial charge < -0.3 is 29.2 Å². The van der Waals surface area contributed by atoms with Gasteiger partial charge in [-0.05, 0) is 26.2 Å². The maximum absolute atomic E-state index is 12.7. The van der Waals surface area contributed by atoms with Gasteiger partial charge in [0.2, 0.25) is 0 Å². The SMILES string of the molecule is C=C1CC[C@@H](OC(C)=O)[C@]2(C)[C@H]([C@@H](C)[C@H](OC(=O)CCCCC)[C@@H]3O[C@@H]32)[C@@H](O)[C@]2(O)[C@@H](C)C(=O)O[C@H]2[C@H]1Cl. The molecule has 10 heteroatoms. The molecule has 2 saturated carbocycles. The lowest BCUT2D eigenvalue weighted by molar-refractivity contribution is -0.214. The van der Waals surface area contributed by atoms with Gasteiger partial charge in [-0.3, -0.25) is 14.4 Å². The lowest BCUT2D eigenvalue weighted by atomic mass is 9.53. The van der Waals surface area contributed by atoms with Crippen molar-refractivity contribution >= 4 is 29.5 Å². The van der Waals surface area contributed by atoms with E-state index in [9.17, 15) is 24.6 Å². The number of aliphatic hydroxyl groups is 2.